The van der Waals surface area contributed by atoms with Gasteiger partial charge in [0.1, 0.15) is 45.3 Å². The fourth-order valence-corrected chi connectivity index (χ4v) is 20.4. The third kappa shape index (κ3) is 19.0. The van der Waals surface area contributed by atoms with Gasteiger partial charge in [0, 0.05) is 118 Å². The average molecular weight is 1970 g/mol. The molecule has 31 nitrogen and oxygen atoms in total. The van der Waals surface area contributed by atoms with Crippen molar-refractivity contribution < 1.29 is 28.2 Å². The number of sulfone groups is 1. The maximum absolute atomic E-state index is 12.6. The molecule has 24 rings (SSSR count). The topological polar surface area (TPSA) is 495 Å². The van der Waals surface area contributed by atoms with Crippen molar-refractivity contribution in [1.82, 2.24) is 83.0 Å². The van der Waals surface area contributed by atoms with E-state index in [0.717, 1.165) is 171 Å². The summed E-state index contributed by atoms with van der Waals surface area (Å²) in [4.78, 5) is 82.2. The number of carbonyl (C=O) groups excluding carboxylic acids is 1. The van der Waals surface area contributed by atoms with Crippen LogP contribution in [0.15, 0.2) is 316 Å². The summed E-state index contributed by atoms with van der Waals surface area (Å²) in [5, 5.41) is 19.0. The SMILES string of the molecule is CN(C)C(=O)c1cccc(-c2ccc3nc(-c4cccnc4N)n(-c4ccc(C5(N)CCC5)cc4)c3n2)c1.CS(=O)(=O)Cc1cccc(-c2ccc3nc(-c4cccnc4N)n(-c4ccc(C5(N)CCC5)cc4)c3n2)c1.Nc1ncccc1-c1nc2ccc(-c3cccc(C(=O)O)c3)nc2n1-c1ccc(C2(N)CCC2)cc1.Nc1ncccc1-c1nc2ccc(-c3cccc(CO)c3)nc2n1-c1ccc(C2(N)CCC2)cc1. The molecule has 20 aromatic rings. The molecule has 18 N–H and O–H groups in total. The highest BCUT2D eigenvalue weighted by atomic mass is 32.2. The standard InChI is InChI=1S/C30H29N7O.C29H28N6O2S.C28H24N6O2.C28H26N6O/c1-36(2)29(38)20-7-3-6-19(18-20)24-13-14-25-28(34-24)37(27(35-25)23-8-4-17-33-26(23)31)22-11-9-21(10-12-22)30(32)15-5-16-30;1-38(36,37)18-19-5-2-6-20(17-19)24-12-13-25-28(33-24)35(27(34-25)23-7-3-16-32-26(23)30)22-10-8-21(9-11-22)29(31)14-4-15-29;29-24-21(6-2-15-31-24)25-33-23-12-11-22(17-4-1-5-18(16-17)27(35)36)32-26(23)34(25)20-9-7-19(8-10-20)28(30)13-3-14-28;29-25-22(6-2-15-31-25)26-33-24-12-11-23(19-5-1-4-18(16-19)17-35)32-27(24)34(26)21-9-7-20(8-10-21)28(30)13-3-14-28/h3-4,6-14,17-18H,5,15-16,32H2,1-2H3,(H2,31,33);2-3,5-13,16-17H,4,14-15,18,31H2,1H3,(H2,30,32);1-2,4-12,15-16H,3,13-14,30H2,(H2,29,31)(H,35,36);1-2,4-12,15-16,35H,3,13-14,17,30H2,(H2,29,31). The monoisotopic (exact) mass is 1970 g/mol. The smallest absolute Gasteiger partial charge is 0.335 e. The fourth-order valence-electron chi connectivity index (χ4n) is 19.6. The van der Waals surface area contributed by atoms with Gasteiger partial charge in [-0.3, -0.25) is 23.1 Å². The molecule has 32 heteroatoms. The van der Waals surface area contributed by atoms with E-state index in [2.05, 4.69) is 92.7 Å². The number of aromatic carboxylic acids is 1. The Labute approximate surface area is 847 Å². The Bertz CT molecular complexity index is 8580. The zero-order valence-corrected chi connectivity index (χ0v) is 81.9. The van der Waals surface area contributed by atoms with Gasteiger partial charge >= 0.3 is 5.97 Å². The van der Waals surface area contributed by atoms with Gasteiger partial charge in [-0.1, -0.05) is 109 Å². The minimum Gasteiger partial charge on any atom is -0.478 e. The molecule has 4 aliphatic rings. The first-order chi connectivity index (χ1) is 71.0. The predicted octanol–water partition coefficient (Wildman–Crippen LogP) is 18.7. The first-order valence-electron chi connectivity index (χ1n) is 48.7. The number of rotatable bonds is 21. The van der Waals surface area contributed by atoms with Crippen molar-refractivity contribution in [3.05, 3.63) is 360 Å². The van der Waals surface area contributed by atoms with Gasteiger partial charge < -0.3 is 61.0 Å². The number of aliphatic hydroxyl groups excluding tert-OH is 1. The van der Waals surface area contributed by atoms with Crippen LogP contribution in [-0.4, -0.2) is 134 Å². The van der Waals surface area contributed by atoms with Crippen molar-refractivity contribution in [2.75, 3.05) is 43.3 Å². The minimum absolute atomic E-state index is 0.0204. The molecule has 0 radical (unpaired) electrons. The van der Waals surface area contributed by atoms with E-state index >= 15 is 0 Å². The Morgan fingerprint density at radius 3 is 0.857 bits per heavy atom. The Morgan fingerprint density at radius 1 is 0.333 bits per heavy atom. The molecular weight excluding hydrogens is 1860 g/mol. The van der Waals surface area contributed by atoms with Crippen LogP contribution >= 0.6 is 0 Å². The lowest BCUT2D eigenvalue weighted by atomic mass is 9.73. The number of nitrogens with two attached hydrogens (primary N) is 8. The van der Waals surface area contributed by atoms with Crippen molar-refractivity contribution in [1.29, 1.82) is 0 Å². The number of aromatic nitrogens is 16. The lowest BCUT2D eigenvalue weighted by Gasteiger charge is -2.38. The summed E-state index contributed by atoms with van der Waals surface area (Å²) >= 11 is 0. The van der Waals surface area contributed by atoms with E-state index in [1.165, 1.54) is 12.7 Å². The maximum atomic E-state index is 12.6. The van der Waals surface area contributed by atoms with E-state index < -0.39 is 15.8 Å². The third-order valence-electron chi connectivity index (χ3n) is 28.4. The molecule has 147 heavy (non-hydrogen) atoms. The summed E-state index contributed by atoms with van der Waals surface area (Å²) in [5.74, 6) is 3.08. The number of carboxylic acids is 1. The molecule has 4 aliphatic carbocycles. The molecule has 4 fully saturated rings. The lowest BCUT2D eigenvalue weighted by Crippen LogP contribution is -2.43. The maximum Gasteiger partial charge on any atom is 0.335 e. The van der Waals surface area contributed by atoms with Crippen molar-refractivity contribution >= 4 is 89.6 Å². The van der Waals surface area contributed by atoms with E-state index in [-0.39, 0.29) is 46.0 Å². The quantitative estimate of drug-likeness (QED) is 0.0319. The number of hydrogen-bond donors (Lipinski definition) is 10. The number of imidazole rings is 4. The Hall–Kier alpha value is -17.3. The zero-order valence-electron chi connectivity index (χ0n) is 81.1. The Kier molecular flexibility index (Phi) is 25.5. The number of fused-ring (bicyclic) bond motifs is 4. The van der Waals surface area contributed by atoms with Gasteiger partial charge in [0.05, 0.1) is 63.0 Å². The highest BCUT2D eigenvalue weighted by molar-refractivity contribution is 7.89. The summed E-state index contributed by atoms with van der Waals surface area (Å²) < 4.78 is 31.7. The summed E-state index contributed by atoms with van der Waals surface area (Å²) in [6.45, 7) is -0.0204. The van der Waals surface area contributed by atoms with Gasteiger partial charge in [-0.05, 0) is 292 Å². The van der Waals surface area contributed by atoms with Crippen LogP contribution in [0.25, 0.3) is 158 Å². The molecule has 8 aromatic carbocycles. The molecule has 0 unspecified atom stereocenters. The Balaban J connectivity index is 0.000000115. The number of carbonyl (C=O) groups is 2. The number of aliphatic hydroxyl groups is 1. The van der Waals surface area contributed by atoms with E-state index in [1.807, 2.05) is 218 Å². The van der Waals surface area contributed by atoms with E-state index in [9.17, 15) is 28.2 Å². The molecule has 0 bridgehead atoms. The van der Waals surface area contributed by atoms with Crippen LogP contribution in [-0.2, 0) is 44.4 Å². The molecule has 0 atom stereocenters. The second kappa shape index (κ2) is 39.1. The first kappa shape index (κ1) is 95.9. The van der Waals surface area contributed by atoms with Crippen molar-refractivity contribution in [3.63, 3.8) is 0 Å². The van der Waals surface area contributed by atoms with Crippen molar-refractivity contribution in [3.8, 4) is 113 Å². The van der Waals surface area contributed by atoms with Crippen molar-refractivity contribution in [2.24, 2.45) is 22.9 Å². The highest BCUT2D eigenvalue weighted by Gasteiger charge is 2.39. The fraction of sp³-hybridized carbons (Fsp3) is 0.183. The second-order valence-corrected chi connectivity index (χ2v) is 40.6. The molecule has 0 spiro atoms. The molecule has 0 aliphatic heterocycles. The minimum atomic E-state index is -3.16. The molecule has 12 heterocycles. The normalized spacial score (nSPS) is 14.6. The number of pyridine rings is 8. The van der Waals surface area contributed by atoms with E-state index in [0.29, 0.717) is 119 Å². The van der Waals surface area contributed by atoms with Crippen LogP contribution in [0.1, 0.15) is 131 Å². The molecule has 4 saturated carbocycles. The average Bonchev–Trinajstić information content (AvgIpc) is 1.62. The highest BCUT2D eigenvalue weighted by Crippen LogP contribution is 2.46. The predicted molar refractivity (Wildman–Crippen MR) is 576 cm³/mol. The number of nitrogens with zero attached hydrogens (tertiary/aromatic N) is 17. The number of hydrogen-bond acceptors (Lipinski definition) is 25. The summed E-state index contributed by atoms with van der Waals surface area (Å²) in [7, 11) is 0.327. The number of amides is 1. The van der Waals surface area contributed by atoms with Gasteiger partial charge in [-0.2, -0.15) is 0 Å². The van der Waals surface area contributed by atoms with Gasteiger partial charge in [0.2, 0.25) is 0 Å². The summed E-state index contributed by atoms with van der Waals surface area (Å²) in [6.07, 6.45) is 20.4. The van der Waals surface area contributed by atoms with Gasteiger partial charge in [-0.25, -0.2) is 73.0 Å². The van der Waals surface area contributed by atoms with E-state index in [1.54, 1.807) is 62.0 Å². The second-order valence-electron chi connectivity index (χ2n) is 38.5. The largest absolute Gasteiger partial charge is 0.478 e. The number of carboxylic acid groups (broad SMARTS) is 1. The number of nitrogen functional groups attached to an aromatic ring is 4. The Morgan fingerprint density at radius 2 is 0.599 bits per heavy atom. The van der Waals surface area contributed by atoms with Crippen LogP contribution in [0.5, 0.6) is 0 Å². The summed E-state index contributed by atoms with van der Waals surface area (Å²) in [6, 6.07) is 92.8. The third-order valence-corrected chi connectivity index (χ3v) is 29.3. The zero-order chi connectivity index (χ0) is 102. The van der Waals surface area contributed by atoms with Gasteiger partial charge in [-0.15, -0.1) is 0 Å². The number of benzene rings is 8. The molecule has 1 amide bonds. The van der Waals surface area contributed by atoms with E-state index in [4.69, 9.17) is 85.7 Å². The molecule has 12 aromatic heterocycles. The van der Waals surface area contributed by atoms with Crippen molar-refractivity contribution in [2.45, 2.75) is 112 Å². The number of anilines is 4. The van der Waals surface area contributed by atoms with Gasteiger partial charge in [0.15, 0.2) is 55.7 Å². The van der Waals surface area contributed by atoms with Crippen LogP contribution < -0.4 is 45.9 Å². The van der Waals surface area contributed by atoms with Crippen LogP contribution in [0.4, 0.5) is 23.3 Å². The summed E-state index contributed by atoms with van der Waals surface area (Å²) in [5.41, 5.74) is 75.4. The molecule has 0 saturated heterocycles. The van der Waals surface area contributed by atoms with Gasteiger partial charge in [0.25, 0.3) is 5.91 Å². The molecular formula is C115H107N25O6S. The van der Waals surface area contributed by atoms with Crippen LogP contribution in [0.2, 0.25) is 0 Å². The van der Waals surface area contributed by atoms with Crippen LogP contribution in [0.3, 0.4) is 0 Å². The molecule has 734 valence electrons. The first-order valence-corrected chi connectivity index (χ1v) is 50.7. The lowest BCUT2D eigenvalue weighted by molar-refractivity contribution is 0.0696. The van der Waals surface area contributed by atoms with Crippen LogP contribution in [0, 0.1) is 0 Å².